The highest BCUT2D eigenvalue weighted by Gasteiger charge is 2.34. The first-order valence-corrected chi connectivity index (χ1v) is 18.0. The van der Waals surface area contributed by atoms with E-state index in [1.54, 1.807) is 39.0 Å². The molecule has 0 aliphatic carbocycles. The lowest BCUT2D eigenvalue weighted by atomic mass is 10.00. The van der Waals surface area contributed by atoms with E-state index in [9.17, 15) is 23.6 Å². The number of H-pyrrole nitrogens is 1. The Balaban J connectivity index is 0.941. The van der Waals surface area contributed by atoms with E-state index in [2.05, 4.69) is 15.1 Å². The van der Waals surface area contributed by atoms with Crippen LogP contribution in [0.5, 0.6) is 0 Å². The van der Waals surface area contributed by atoms with Gasteiger partial charge in [0, 0.05) is 63.7 Å². The Hall–Kier alpha value is -4.36. The monoisotopic (exact) mass is 704 g/mol. The number of carbonyl (C=O) groups is 3. The molecule has 13 heteroatoms. The van der Waals surface area contributed by atoms with Crippen LogP contribution < -0.4 is 5.56 Å². The number of aromatic nitrogens is 2. The molecule has 2 atom stereocenters. The van der Waals surface area contributed by atoms with E-state index >= 15 is 0 Å². The van der Waals surface area contributed by atoms with E-state index in [1.807, 2.05) is 39.8 Å². The van der Waals surface area contributed by atoms with Crippen molar-refractivity contribution in [3.05, 3.63) is 75.5 Å². The Kier molecular flexibility index (Phi) is 11.1. The van der Waals surface area contributed by atoms with Crippen molar-refractivity contribution in [2.24, 2.45) is 0 Å². The fourth-order valence-electron chi connectivity index (χ4n) is 7.29. The summed E-state index contributed by atoms with van der Waals surface area (Å²) in [5.41, 5.74) is 0.508. The maximum absolute atomic E-state index is 14.9. The molecule has 0 bridgehead atoms. The van der Waals surface area contributed by atoms with Crippen LogP contribution in [-0.2, 0) is 20.7 Å². The topological polar surface area (TPSA) is 128 Å². The van der Waals surface area contributed by atoms with E-state index in [4.69, 9.17) is 9.47 Å². The van der Waals surface area contributed by atoms with Crippen molar-refractivity contribution < 1.29 is 28.2 Å². The molecule has 3 amide bonds. The Morgan fingerprint density at radius 1 is 0.902 bits per heavy atom. The Labute approximate surface area is 297 Å². The number of piperazine rings is 1. The molecule has 0 radical (unpaired) electrons. The van der Waals surface area contributed by atoms with Gasteiger partial charge in [-0.05, 0) is 77.1 Å². The summed E-state index contributed by atoms with van der Waals surface area (Å²) in [6.07, 6.45) is 3.51. The van der Waals surface area contributed by atoms with Crippen molar-refractivity contribution in [3.8, 4) is 0 Å². The third-order valence-corrected chi connectivity index (χ3v) is 10.1. The number of benzene rings is 2. The zero-order chi connectivity index (χ0) is 36.3. The predicted molar refractivity (Wildman–Crippen MR) is 190 cm³/mol. The molecule has 1 aromatic heterocycles. The molecule has 51 heavy (non-hydrogen) atoms. The molecule has 0 saturated carbocycles. The van der Waals surface area contributed by atoms with Gasteiger partial charge in [-0.15, -0.1) is 0 Å². The van der Waals surface area contributed by atoms with Gasteiger partial charge in [-0.25, -0.2) is 14.3 Å². The van der Waals surface area contributed by atoms with Crippen LogP contribution in [0.2, 0.25) is 0 Å². The van der Waals surface area contributed by atoms with Crippen LogP contribution >= 0.6 is 0 Å². The smallest absolute Gasteiger partial charge is 0.410 e. The highest BCUT2D eigenvalue weighted by molar-refractivity contribution is 5.95. The summed E-state index contributed by atoms with van der Waals surface area (Å²) in [6.45, 7) is 11.5. The van der Waals surface area contributed by atoms with Crippen molar-refractivity contribution in [1.82, 2.24) is 29.8 Å². The van der Waals surface area contributed by atoms with Crippen LogP contribution in [0.4, 0.5) is 9.18 Å². The zero-order valence-corrected chi connectivity index (χ0v) is 30.0. The van der Waals surface area contributed by atoms with Gasteiger partial charge in [0.05, 0.1) is 35.4 Å². The number of amides is 3. The molecule has 6 rings (SSSR count). The molecular weight excluding hydrogens is 655 g/mol. The molecule has 2 aromatic carbocycles. The number of carbonyl (C=O) groups excluding carboxylic acids is 3. The van der Waals surface area contributed by atoms with Gasteiger partial charge in [0.15, 0.2) is 0 Å². The second-order valence-corrected chi connectivity index (χ2v) is 15.0. The van der Waals surface area contributed by atoms with E-state index in [0.29, 0.717) is 67.7 Å². The Morgan fingerprint density at radius 2 is 1.57 bits per heavy atom. The lowest BCUT2D eigenvalue weighted by Gasteiger charge is -2.40. The zero-order valence-electron chi connectivity index (χ0n) is 30.0. The maximum Gasteiger partial charge on any atom is 0.410 e. The van der Waals surface area contributed by atoms with Crippen molar-refractivity contribution in [1.29, 1.82) is 0 Å². The molecule has 0 unspecified atom stereocenters. The van der Waals surface area contributed by atoms with E-state index in [0.717, 1.165) is 38.8 Å². The second kappa shape index (κ2) is 15.5. The van der Waals surface area contributed by atoms with Crippen LogP contribution in [0.25, 0.3) is 10.8 Å². The van der Waals surface area contributed by atoms with Gasteiger partial charge in [0.25, 0.3) is 11.5 Å². The van der Waals surface area contributed by atoms with Gasteiger partial charge in [-0.3, -0.25) is 19.3 Å². The van der Waals surface area contributed by atoms with Crippen LogP contribution in [0, 0.1) is 5.82 Å². The van der Waals surface area contributed by atoms with E-state index in [1.165, 1.54) is 6.07 Å². The molecule has 3 aromatic rings. The number of nitrogens with one attached hydrogen (secondary N) is 1. The van der Waals surface area contributed by atoms with Crippen LogP contribution in [-0.4, -0.2) is 124 Å². The first-order chi connectivity index (χ1) is 24.3. The summed E-state index contributed by atoms with van der Waals surface area (Å²) >= 11 is 0. The van der Waals surface area contributed by atoms with Gasteiger partial charge in [0.1, 0.15) is 11.4 Å². The molecule has 3 aliphatic heterocycles. The lowest BCUT2D eigenvalue weighted by molar-refractivity contribution is -0.135. The molecule has 3 fully saturated rings. The summed E-state index contributed by atoms with van der Waals surface area (Å²) in [5.74, 6) is -0.985. The van der Waals surface area contributed by atoms with Gasteiger partial charge < -0.3 is 24.2 Å². The van der Waals surface area contributed by atoms with Gasteiger partial charge >= 0.3 is 6.09 Å². The summed E-state index contributed by atoms with van der Waals surface area (Å²) < 4.78 is 27.0. The third kappa shape index (κ3) is 8.93. The fourth-order valence-corrected chi connectivity index (χ4v) is 7.29. The van der Waals surface area contributed by atoms with Crippen molar-refractivity contribution in [2.45, 2.75) is 83.6 Å². The lowest BCUT2D eigenvalue weighted by Crippen LogP contribution is -2.53. The van der Waals surface area contributed by atoms with E-state index < -0.39 is 17.3 Å². The molecular formula is C38H49FN6O6. The fraction of sp³-hybridized carbons (Fsp3) is 0.553. The van der Waals surface area contributed by atoms with Crippen molar-refractivity contribution >= 4 is 28.7 Å². The largest absolute Gasteiger partial charge is 0.444 e. The standard InChI is InChI=1S/C38H49FN6O6/c1-25-21-28(13-16-45(25)37(49)51-38(2,3)4)50-27-11-14-42(15-12-27)24-34(46)43-17-19-44(20-18-43)36(48)31-22-26(9-10-32(31)39)23-33-29-7-5-6-8-30(29)35(47)41-40-33/h5-10,22,25,27-28H,11-21,23-24H2,1-4H3,(H,41,47)/t25-,28+/m1/s1. The number of hydrogen-bond acceptors (Lipinski definition) is 8. The SMILES string of the molecule is C[C@@H]1C[C@@H](OC2CCN(CC(=O)N3CCN(C(=O)c4cc(Cc5n[nH]c(=O)c6ccccc56)ccc4F)CC3)CC2)CCN1C(=O)OC(C)(C)C. The van der Waals surface area contributed by atoms with Crippen molar-refractivity contribution in [3.63, 3.8) is 0 Å². The number of hydrogen-bond donors (Lipinski definition) is 1. The summed E-state index contributed by atoms with van der Waals surface area (Å²) in [7, 11) is 0. The van der Waals surface area contributed by atoms with Crippen LogP contribution in [0.3, 0.4) is 0 Å². The maximum atomic E-state index is 14.9. The highest BCUT2D eigenvalue weighted by atomic mass is 19.1. The average molecular weight is 705 g/mol. The minimum Gasteiger partial charge on any atom is -0.444 e. The second-order valence-electron chi connectivity index (χ2n) is 15.0. The molecule has 12 nitrogen and oxygen atoms in total. The third-order valence-electron chi connectivity index (χ3n) is 10.1. The number of piperidine rings is 2. The summed E-state index contributed by atoms with van der Waals surface area (Å²) in [6, 6.07) is 11.7. The highest BCUT2D eigenvalue weighted by Crippen LogP contribution is 2.26. The van der Waals surface area contributed by atoms with Crippen LogP contribution in [0.15, 0.2) is 47.3 Å². The molecule has 3 aliphatic rings. The van der Waals surface area contributed by atoms with Crippen LogP contribution in [0.1, 0.15) is 75.0 Å². The number of ether oxygens (including phenoxy) is 2. The first kappa shape index (κ1) is 36.4. The number of nitrogens with zero attached hydrogens (tertiary/aromatic N) is 5. The number of likely N-dealkylation sites (tertiary alicyclic amines) is 2. The van der Waals surface area contributed by atoms with Crippen molar-refractivity contribution in [2.75, 3.05) is 52.4 Å². The number of rotatable bonds is 7. The Morgan fingerprint density at radius 3 is 2.25 bits per heavy atom. The minimum atomic E-state index is -0.602. The average Bonchev–Trinajstić information content (AvgIpc) is 3.10. The molecule has 0 spiro atoms. The van der Waals surface area contributed by atoms with Gasteiger partial charge in [0.2, 0.25) is 5.91 Å². The number of aromatic amines is 1. The number of fused-ring (bicyclic) bond motifs is 1. The quantitative estimate of drug-likeness (QED) is 0.388. The number of halogens is 1. The summed E-state index contributed by atoms with van der Waals surface area (Å²) in [4.78, 5) is 58.7. The molecule has 274 valence electrons. The first-order valence-electron chi connectivity index (χ1n) is 18.0. The molecule has 4 heterocycles. The Bertz CT molecular complexity index is 1790. The normalized spacial score (nSPS) is 20.8. The van der Waals surface area contributed by atoms with Gasteiger partial charge in [-0.1, -0.05) is 24.3 Å². The minimum absolute atomic E-state index is 0.0193. The van der Waals surface area contributed by atoms with E-state index in [-0.39, 0.29) is 41.4 Å². The molecule has 3 saturated heterocycles. The van der Waals surface area contributed by atoms with Gasteiger partial charge in [-0.2, -0.15) is 5.10 Å². The predicted octanol–water partition coefficient (Wildman–Crippen LogP) is 4.21. The molecule has 1 N–H and O–H groups in total. The summed E-state index contributed by atoms with van der Waals surface area (Å²) in [5, 5.41) is 7.96.